The smallest absolute Gasteiger partial charge is 0.254 e. The number of hydrogen-bond acceptors (Lipinski definition) is 3. The lowest BCUT2D eigenvalue weighted by Gasteiger charge is -2.34. The monoisotopic (exact) mass is 339 g/mol. The Bertz CT molecular complexity index is 567. The first-order valence-corrected chi connectivity index (χ1v) is 8.24. The SMILES string of the molecule is CCCCNC(=O)CN1CCN(C(=O)c2cc(F)cc(F)c2)CC1. The zero-order valence-corrected chi connectivity index (χ0v) is 13.9. The summed E-state index contributed by atoms with van der Waals surface area (Å²) in [5.41, 5.74) is 0.0123. The van der Waals surface area contributed by atoms with Crippen LogP contribution in [0.4, 0.5) is 8.78 Å². The number of amides is 2. The summed E-state index contributed by atoms with van der Waals surface area (Å²) in [6.07, 6.45) is 1.99. The standard InChI is InChI=1S/C17H23F2N3O2/c1-2-3-4-20-16(23)12-21-5-7-22(8-6-21)17(24)13-9-14(18)11-15(19)10-13/h9-11H,2-8,12H2,1H3,(H,20,23). The second kappa shape index (κ2) is 8.73. The number of rotatable bonds is 6. The number of nitrogens with zero attached hydrogens (tertiary/aromatic N) is 2. The fraction of sp³-hybridized carbons (Fsp3) is 0.529. The van der Waals surface area contributed by atoms with Crippen molar-refractivity contribution in [3.63, 3.8) is 0 Å². The quantitative estimate of drug-likeness (QED) is 0.802. The van der Waals surface area contributed by atoms with E-state index in [2.05, 4.69) is 12.2 Å². The van der Waals surface area contributed by atoms with Gasteiger partial charge < -0.3 is 10.2 Å². The van der Waals surface area contributed by atoms with Gasteiger partial charge in [-0.05, 0) is 18.6 Å². The number of piperazine rings is 1. The van der Waals surface area contributed by atoms with Crippen molar-refractivity contribution in [3.05, 3.63) is 35.4 Å². The molecule has 0 aliphatic carbocycles. The Morgan fingerprint density at radius 2 is 1.71 bits per heavy atom. The minimum atomic E-state index is -0.763. The largest absolute Gasteiger partial charge is 0.355 e. The van der Waals surface area contributed by atoms with E-state index in [1.807, 2.05) is 4.90 Å². The molecule has 1 N–H and O–H groups in total. The van der Waals surface area contributed by atoms with Crippen LogP contribution in [0.15, 0.2) is 18.2 Å². The van der Waals surface area contributed by atoms with Gasteiger partial charge in [0.1, 0.15) is 11.6 Å². The van der Waals surface area contributed by atoms with Crippen LogP contribution in [0, 0.1) is 11.6 Å². The minimum Gasteiger partial charge on any atom is -0.355 e. The molecular formula is C17H23F2N3O2. The maximum Gasteiger partial charge on any atom is 0.254 e. The van der Waals surface area contributed by atoms with E-state index < -0.39 is 11.6 Å². The predicted octanol–water partition coefficient (Wildman–Crippen LogP) is 1.64. The van der Waals surface area contributed by atoms with Crippen LogP contribution in [-0.4, -0.2) is 60.9 Å². The molecule has 132 valence electrons. The van der Waals surface area contributed by atoms with Crippen LogP contribution in [-0.2, 0) is 4.79 Å². The first-order chi connectivity index (χ1) is 11.5. The molecule has 1 aromatic carbocycles. The Morgan fingerprint density at radius 1 is 1.08 bits per heavy atom. The van der Waals surface area contributed by atoms with E-state index in [1.165, 1.54) is 0 Å². The fourth-order valence-electron chi connectivity index (χ4n) is 2.63. The number of benzene rings is 1. The molecule has 2 rings (SSSR count). The molecule has 1 aliphatic heterocycles. The second-order valence-corrected chi connectivity index (χ2v) is 5.93. The summed E-state index contributed by atoms with van der Waals surface area (Å²) in [7, 11) is 0. The molecule has 1 heterocycles. The van der Waals surface area contributed by atoms with Gasteiger partial charge in [0.15, 0.2) is 0 Å². The highest BCUT2D eigenvalue weighted by atomic mass is 19.1. The zero-order chi connectivity index (χ0) is 17.5. The third-order valence-corrected chi connectivity index (χ3v) is 3.99. The first kappa shape index (κ1) is 18.3. The van der Waals surface area contributed by atoms with E-state index in [4.69, 9.17) is 0 Å². The molecule has 24 heavy (non-hydrogen) atoms. The van der Waals surface area contributed by atoms with Crippen LogP contribution < -0.4 is 5.32 Å². The number of hydrogen-bond donors (Lipinski definition) is 1. The van der Waals surface area contributed by atoms with Gasteiger partial charge in [0.25, 0.3) is 5.91 Å². The Morgan fingerprint density at radius 3 is 2.29 bits per heavy atom. The third kappa shape index (κ3) is 5.26. The van der Waals surface area contributed by atoms with E-state index in [0.29, 0.717) is 39.3 Å². The van der Waals surface area contributed by atoms with Gasteiger partial charge in [0, 0.05) is 44.4 Å². The van der Waals surface area contributed by atoms with Gasteiger partial charge in [-0.2, -0.15) is 0 Å². The van der Waals surface area contributed by atoms with Crippen molar-refractivity contribution in [3.8, 4) is 0 Å². The lowest BCUT2D eigenvalue weighted by molar-refractivity contribution is -0.122. The van der Waals surface area contributed by atoms with Gasteiger partial charge in [-0.3, -0.25) is 14.5 Å². The molecule has 5 nitrogen and oxygen atoms in total. The van der Waals surface area contributed by atoms with Crippen molar-refractivity contribution in [2.45, 2.75) is 19.8 Å². The first-order valence-electron chi connectivity index (χ1n) is 8.24. The molecule has 0 saturated carbocycles. The normalized spacial score (nSPS) is 15.4. The van der Waals surface area contributed by atoms with Crippen molar-refractivity contribution in [2.24, 2.45) is 0 Å². The molecule has 1 fully saturated rings. The summed E-state index contributed by atoms with van der Waals surface area (Å²) in [5.74, 6) is -1.93. The molecule has 1 aliphatic rings. The number of nitrogens with one attached hydrogen (secondary N) is 1. The van der Waals surface area contributed by atoms with Crippen molar-refractivity contribution in [1.29, 1.82) is 0 Å². The van der Waals surface area contributed by atoms with Crippen molar-refractivity contribution < 1.29 is 18.4 Å². The predicted molar refractivity (Wildman–Crippen MR) is 86.6 cm³/mol. The summed E-state index contributed by atoms with van der Waals surface area (Å²) in [5, 5.41) is 2.86. The zero-order valence-electron chi connectivity index (χ0n) is 13.9. The van der Waals surface area contributed by atoms with Crippen molar-refractivity contribution in [2.75, 3.05) is 39.3 Å². The van der Waals surface area contributed by atoms with E-state index in [0.717, 1.165) is 31.0 Å². The fourth-order valence-corrected chi connectivity index (χ4v) is 2.63. The molecule has 0 aromatic heterocycles. The summed E-state index contributed by atoms with van der Waals surface area (Å²) >= 11 is 0. The van der Waals surface area contributed by atoms with E-state index >= 15 is 0 Å². The molecule has 7 heteroatoms. The molecule has 0 radical (unpaired) electrons. The Kier molecular flexibility index (Phi) is 6.66. The number of carbonyl (C=O) groups is 2. The minimum absolute atomic E-state index is 0.0123. The van der Waals surface area contributed by atoms with Crippen LogP contribution in [0.5, 0.6) is 0 Å². The lowest BCUT2D eigenvalue weighted by Crippen LogP contribution is -2.51. The summed E-state index contributed by atoms with van der Waals surface area (Å²) in [6, 6.07) is 2.82. The van der Waals surface area contributed by atoms with Gasteiger partial charge in [-0.15, -0.1) is 0 Å². The average molecular weight is 339 g/mol. The van der Waals surface area contributed by atoms with Gasteiger partial charge in [-0.25, -0.2) is 8.78 Å². The van der Waals surface area contributed by atoms with Crippen molar-refractivity contribution in [1.82, 2.24) is 15.1 Å². The highest BCUT2D eigenvalue weighted by Gasteiger charge is 2.23. The second-order valence-electron chi connectivity index (χ2n) is 5.93. The Balaban J connectivity index is 1.81. The van der Waals surface area contributed by atoms with E-state index in [1.54, 1.807) is 4.90 Å². The Hall–Kier alpha value is -2.02. The maximum atomic E-state index is 13.2. The van der Waals surface area contributed by atoms with E-state index in [-0.39, 0.29) is 17.4 Å². The van der Waals surface area contributed by atoms with Gasteiger partial charge in [-0.1, -0.05) is 13.3 Å². The number of halogens is 2. The molecule has 1 saturated heterocycles. The summed E-state index contributed by atoms with van der Waals surface area (Å²) in [4.78, 5) is 27.6. The average Bonchev–Trinajstić information content (AvgIpc) is 2.54. The molecule has 0 bridgehead atoms. The molecule has 0 atom stereocenters. The maximum absolute atomic E-state index is 13.2. The van der Waals surface area contributed by atoms with Crippen LogP contribution in [0.1, 0.15) is 30.1 Å². The van der Waals surface area contributed by atoms with Crippen LogP contribution in [0.2, 0.25) is 0 Å². The Labute approximate surface area is 140 Å². The van der Waals surface area contributed by atoms with Crippen LogP contribution in [0.3, 0.4) is 0 Å². The molecule has 0 spiro atoms. The van der Waals surface area contributed by atoms with Crippen molar-refractivity contribution >= 4 is 11.8 Å². The molecular weight excluding hydrogens is 316 g/mol. The molecule has 2 amide bonds. The van der Waals surface area contributed by atoms with Crippen LogP contribution in [0.25, 0.3) is 0 Å². The van der Waals surface area contributed by atoms with Gasteiger partial charge in [0.2, 0.25) is 5.91 Å². The summed E-state index contributed by atoms with van der Waals surface area (Å²) < 4.78 is 26.5. The molecule has 0 unspecified atom stereocenters. The van der Waals surface area contributed by atoms with Gasteiger partial charge >= 0.3 is 0 Å². The van der Waals surface area contributed by atoms with E-state index in [9.17, 15) is 18.4 Å². The molecule has 1 aromatic rings. The summed E-state index contributed by atoms with van der Waals surface area (Å²) in [6.45, 7) is 5.03. The van der Waals surface area contributed by atoms with Crippen LogP contribution >= 0.6 is 0 Å². The number of unbranched alkanes of at least 4 members (excludes halogenated alkanes) is 1. The topological polar surface area (TPSA) is 52.7 Å². The lowest BCUT2D eigenvalue weighted by atomic mass is 10.1. The highest BCUT2D eigenvalue weighted by molar-refractivity contribution is 5.94. The third-order valence-electron chi connectivity index (χ3n) is 3.99. The highest BCUT2D eigenvalue weighted by Crippen LogP contribution is 2.12. The number of carbonyl (C=O) groups excluding carboxylic acids is 2. The van der Waals surface area contributed by atoms with Gasteiger partial charge in [0.05, 0.1) is 6.54 Å².